The molecule has 0 aliphatic heterocycles. The summed E-state index contributed by atoms with van der Waals surface area (Å²) in [5, 5.41) is 6.56. The van der Waals surface area contributed by atoms with Gasteiger partial charge in [0.1, 0.15) is 19.0 Å². The standard InChI is InChI=1S/C25H25N3O2S/c1-19-28-23(18-31-19)17-29-24-9-7-20(8-10-24)14-26-15-22-11-12-27-25(13-22)30-16-21-5-3-2-4-6-21/h2-13,18,26H,14-17H2,1H3. The van der Waals surface area contributed by atoms with Crippen molar-refractivity contribution >= 4 is 11.3 Å². The second-order valence-electron chi connectivity index (χ2n) is 7.17. The maximum absolute atomic E-state index is 5.81. The first kappa shape index (κ1) is 21.0. The number of pyridine rings is 1. The number of benzene rings is 2. The molecule has 1 N–H and O–H groups in total. The first-order chi connectivity index (χ1) is 15.2. The molecule has 5 nitrogen and oxygen atoms in total. The number of hydrogen-bond donors (Lipinski definition) is 1. The van der Waals surface area contributed by atoms with Crippen molar-refractivity contribution in [1.82, 2.24) is 15.3 Å². The molecule has 0 amide bonds. The van der Waals surface area contributed by atoms with Crippen molar-refractivity contribution in [2.45, 2.75) is 33.2 Å². The molecule has 31 heavy (non-hydrogen) atoms. The lowest BCUT2D eigenvalue weighted by Gasteiger charge is -2.09. The number of hydrogen-bond acceptors (Lipinski definition) is 6. The van der Waals surface area contributed by atoms with Gasteiger partial charge in [0.05, 0.1) is 10.7 Å². The highest BCUT2D eigenvalue weighted by Gasteiger charge is 2.02. The van der Waals surface area contributed by atoms with Crippen molar-refractivity contribution in [2.24, 2.45) is 0 Å². The topological polar surface area (TPSA) is 56.3 Å². The first-order valence-electron chi connectivity index (χ1n) is 10.2. The number of nitrogens with one attached hydrogen (secondary N) is 1. The Kier molecular flexibility index (Phi) is 7.26. The van der Waals surface area contributed by atoms with Crippen LogP contribution in [0.15, 0.2) is 78.3 Å². The molecule has 0 radical (unpaired) electrons. The maximum Gasteiger partial charge on any atom is 0.213 e. The third-order valence-electron chi connectivity index (χ3n) is 4.66. The largest absolute Gasteiger partial charge is 0.487 e. The molecule has 0 bridgehead atoms. The zero-order valence-corrected chi connectivity index (χ0v) is 18.3. The molecule has 4 rings (SSSR count). The monoisotopic (exact) mass is 431 g/mol. The van der Waals surface area contributed by atoms with Crippen molar-refractivity contribution in [1.29, 1.82) is 0 Å². The Morgan fingerprint density at radius 2 is 1.65 bits per heavy atom. The molecule has 2 aromatic heterocycles. The molecule has 0 saturated carbocycles. The van der Waals surface area contributed by atoms with E-state index in [4.69, 9.17) is 9.47 Å². The van der Waals surface area contributed by atoms with Gasteiger partial charge in [0.15, 0.2) is 0 Å². The summed E-state index contributed by atoms with van der Waals surface area (Å²) in [5.41, 5.74) is 4.43. The number of ether oxygens (including phenoxy) is 2. The zero-order valence-electron chi connectivity index (χ0n) is 17.5. The fourth-order valence-electron chi connectivity index (χ4n) is 3.06. The normalized spacial score (nSPS) is 10.7. The van der Waals surface area contributed by atoms with E-state index in [1.54, 1.807) is 17.5 Å². The predicted molar refractivity (Wildman–Crippen MR) is 123 cm³/mol. The second-order valence-corrected chi connectivity index (χ2v) is 8.23. The molecule has 6 heteroatoms. The Morgan fingerprint density at radius 1 is 0.839 bits per heavy atom. The van der Waals surface area contributed by atoms with E-state index in [1.807, 2.05) is 66.9 Å². The van der Waals surface area contributed by atoms with Gasteiger partial charge < -0.3 is 14.8 Å². The molecule has 2 heterocycles. The summed E-state index contributed by atoms with van der Waals surface area (Å²) in [5.74, 6) is 1.49. The van der Waals surface area contributed by atoms with Gasteiger partial charge in [0.2, 0.25) is 5.88 Å². The summed E-state index contributed by atoms with van der Waals surface area (Å²) >= 11 is 1.64. The minimum absolute atomic E-state index is 0.499. The molecule has 2 aromatic carbocycles. The lowest BCUT2D eigenvalue weighted by Crippen LogP contribution is -2.12. The molecule has 158 valence electrons. The summed E-state index contributed by atoms with van der Waals surface area (Å²) < 4.78 is 11.6. The summed E-state index contributed by atoms with van der Waals surface area (Å²) in [6.07, 6.45) is 1.79. The van der Waals surface area contributed by atoms with Gasteiger partial charge in [0, 0.05) is 30.7 Å². The minimum Gasteiger partial charge on any atom is -0.487 e. The third-order valence-corrected chi connectivity index (χ3v) is 5.49. The fraction of sp³-hybridized carbons (Fsp3) is 0.200. The van der Waals surface area contributed by atoms with Crippen LogP contribution in [-0.2, 0) is 26.3 Å². The predicted octanol–water partition coefficient (Wildman–Crippen LogP) is 5.29. The number of nitrogens with zero attached hydrogens (tertiary/aromatic N) is 2. The van der Waals surface area contributed by atoms with Crippen LogP contribution in [0.2, 0.25) is 0 Å². The van der Waals surface area contributed by atoms with Crippen molar-refractivity contribution in [3.05, 3.63) is 106 Å². The molecule has 4 aromatic rings. The fourth-order valence-corrected chi connectivity index (χ4v) is 3.65. The minimum atomic E-state index is 0.499. The van der Waals surface area contributed by atoms with Crippen LogP contribution in [0.3, 0.4) is 0 Å². The van der Waals surface area contributed by atoms with Gasteiger partial charge in [-0.1, -0.05) is 42.5 Å². The van der Waals surface area contributed by atoms with Gasteiger partial charge in [-0.15, -0.1) is 11.3 Å². The molecule has 0 atom stereocenters. The molecule has 0 saturated heterocycles. The number of aryl methyl sites for hydroxylation is 1. The lowest BCUT2D eigenvalue weighted by molar-refractivity contribution is 0.293. The van der Waals surface area contributed by atoms with Crippen LogP contribution in [-0.4, -0.2) is 9.97 Å². The van der Waals surface area contributed by atoms with Gasteiger partial charge in [-0.2, -0.15) is 0 Å². The number of rotatable bonds is 10. The Morgan fingerprint density at radius 3 is 2.42 bits per heavy atom. The maximum atomic E-state index is 5.81. The van der Waals surface area contributed by atoms with Gasteiger partial charge in [-0.25, -0.2) is 9.97 Å². The summed E-state index contributed by atoms with van der Waals surface area (Å²) in [7, 11) is 0. The van der Waals surface area contributed by atoms with E-state index in [0.29, 0.717) is 19.1 Å². The lowest BCUT2D eigenvalue weighted by atomic mass is 10.2. The Bertz CT molecular complexity index is 1080. The molecular formula is C25H25N3O2S. The van der Waals surface area contributed by atoms with E-state index in [2.05, 4.69) is 27.4 Å². The Balaban J connectivity index is 1.21. The van der Waals surface area contributed by atoms with E-state index in [1.165, 1.54) is 5.56 Å². The van der Waals surface area contributed by atoms with Crippen LogP contribution in [0.5, 0.6) is 11.6 Å². The average Bonchev–Trinajstić information content (AvgIpc) is 3.23. The van der Waals surface area contributed by atoms with Gasteiger partial charge >= 0.3 is 0 Å². The van der Waals surface area contributed by atoms with Gasteiger partial charge in [0.25, 0.3) is 0 Å². The molecule has 0 unspecified atom stereocenters. The third kappa shape index (κ3) is 6.64. The van der Waals surface area contributed by atoms with Gasteiger partial charge in [-0.3, -0.25) is 0 Å². The molecule has 0 fully saturated rings. The molecule has 0 aliphatic carbocycles. The quantitative estimate of drug-likeness (QED) is 0.370. The number of thiazole rings is 1. The van der Waals surface area contributed by atoms with Crippen LogP contribution in [0.25, 0.3) is 0 Å². The first-order valence-corrected chi connectivity index (χ1v) is 11.1. The van der Waals surface area contributed by atoms with E-state index >= 15 is 0 Å². The average molecular weight is 432 g/mol. The molecular weight excluding hydrogens is 406 g/mol. The van der Waals surface area contributed by atoms with Crippen LogP contribution in [0, 0.1) is 6.92 Å². The highest BCUT2D eigenvalue weighted by atomic mass is 32.1. The highest BCUT2D eigenvalue weighted by molar-refractivity contribution is 7.09. The summed E-state index contributed by atoms with van der Waals surface area (Å²) in [6, 6.07) is 22.2. The summed E-state index contributed by atoms with van der Waals surface area (Å²) in [6.45, 7) is 4.53. The van der Waals surface area contributed by atoms with E-state index in [9.17, 15) is 0 Å². The molecule has 0 spiro atoms. The van der Waals surface area contributed by atoms with Crippen LogP contribution in [0.4, 0.5) is 0 Å². The SMILES string of the molecule is Cc1nc(COc2ccc(CNCc3ccnc(OCc4ccccc4)c3)cc2)cs1. The van der Waals surface area contributed by atoms with Gasteiger partial charge in [-0.05, 0) is 41.8 Å². The van der Waals surface area contributed by atoms with Crippen molar-refractivity contribution in [3.63, 3.8) is 0 Å². The van der Waals surface area contributed by atoms with E-state index in [-0.39, 0.29) is 0 Å². The zero-order chi connectivity index (χ0) is 21.3. The summed E-state index contributed by atoms with van der Waals surface area (Å²) in [4.78, 5) is 8.72. The number of aromatic nitrogens is 2. The highest BCUT2D eigenvalue weighted by Crippen LogP contribution is 2.16. The smallest absolute Gasteiger partial charge is 0.213 e. The second kappa shape index (κ2) is 10.7. The Labute approximate surface area is 186 Å². The molecule has 0 aliphatic rings. The van der Waals surface area contributed by atoms with Crippen LogP contribution >= 0.6 is 11.3 Å². The van der Waals surface area contributed by atoms with Crippen molar-refractivity contribution < 1.29 is 9.47 Å². The Hall–Kier alpha value is -3.22. The van der Waals surface area contributed by atoms with Crippen LogP contribution in [0.1, 0.15) is 27.4 Å². The van der Waals surface area contributed by atoms with Crippen molar-refractivity contribution in [2.75, 3.05) is 0 Å². The van der Waals surface area contributed by atoms with Crippen molar-refractivity contribution in [3.8, 4) is 11.6 Å². The van der Waals surface area contributed by atoms with E-state index in [0.717, 1.165) is 40.7 Å². The van der Waals surface area contributed by atoms with E-state index < -0.39 is 0 Å². The van der Waals surface area contributed by atoms with Crippen LogP contribution < -0.4 is 14.8 Å².